The molecular formula is C11H9ClN4O. The normalized spacial score (nSPS) is 10.2. The molecule has 0 fully saturated rings. The van der Waals surface area contributed by atoms with Gasteiger partial charge in [0.25, 0.3) is 0 Å². The van der Waals surface area contributed by atoms with Crippen molar-refractivity contribution in [2.75, 3.05) is 6.61 Å². The van der Waals surface area contributed by atoms with Gasteiger partial charge in [0.1, 0.15) is 11.8 Å². The first-order valence-corrected chi connectivity index (χ1v) is 5.34. The molecule has 1 N–H and O–H groups in total. The van der Waals surface area contributed by atoms with Crippen LogP contribution in [0.25, 0.3) is 11.3 Å². The van der Waals surface area contributed by atoms with Crippen LogP contribution in [0.3, 0.4) is 0 Å². The number of aliphatic hydroxyl groups is 1. The van der Waals surface area contributed by atoms with Gasteiger partial charge in [-0.1, -0.05) is 28.9 Å². The Hall–Kier alpha value is -1.90. The second-order valence-corrected chi connectivity index (χ2v) is 3.79. The quantitative estimate of drug-likeness (QED) is 0.892. The lowest BCUT2D eigenvalue weighted by Crippen LogP contribution is -2.06. The van der Waals surface area contributed by atoms with Gasteiger partial charge < -0.3 is 5.11 Å². The summed E-state index contributed by atoms with van der Waals surface area (Å²) in [5.74, 6) is 0. The van der Waals surface area contributed by atoms with Crippen molar-refractivity contribution in [2.45, 2.75) is 6.54 Å². The molecular weight excluding hydrogens is 240 g/mol. The van der Waals surface area contributed by atoms with E-state index in [4.69, 9.17) is 22.0 Å². The molecule has 0 spiro atoms. The Bertz CT molecular complexity index is 556. The molecule has 0 aliphatic carbocycles. The van der Waals surface area contributed by atoms with Crippen LogP contribution in [0.2, 0.25) is 5.02 Å². The van der Waals surface area contributed by atoms with E-state index in [1.165, 1.54) is 4.68 Å². The van der Waals surface area contributed by atoms with Gasteiger partial charge in [0.15, 0.2) is 5.69 Å². The van der Waals surface area contributed by atoms with E-state index in [9.17, 15) is 0 Å². The molecule has 1 heterocycles. The molecule has 0 aliphatic rings. The van der Waals surface area contributed by atoms with Crippen molar-refractivity contribution in [3.05, 3.63) is 35.0 Å². The van der Waals surface area contributed by atoms with Crippen LogP contribution >= 0.6 is 11.6 Å². The monoisotopic (exact) mass is 248 g/mol. The first-order valence-electron chi connectivity index (χ1n) is 4.96. The number of aromatic nitrogens is 3. The SMILES string of the molecule is N#Cc1nnn(CCO)c1-c1ccc(Cl)cc1. The van der Waals surface area contributed by atoms with E-state index in [1.54, 1.807) is 24.3 Å². The molecule has 2 rings (SSSR count). The summed E-state index contributed by atoms with van der Waals surface area (Å²) in [7, 11) is 0. The van der Waals surface area contributed by atoms with Crippen molar-refractivity contribution in [3.8, 4) is 17.3 Å². The van der Waals surface area contributed by atoms with Crippen molar-refractivity contribution in [2.24, 2.45) is 0 Å². The third kappa shape index (κ3) is 2.28. The van der Waals surface area contributed by atoms with Crippen LogP contribution in [0.5, 0.6) is 0 Å². The van der Waals surface area contributed by atoms with E-state index in [-0.39, 0.29) is 12.3 Å². The zero-order chi connectivity index (χ0) is 12.3. The predicted octanol–water partition coefficient (Wildman–Crippen LogP) is 1.46. The summed E-state index contributed by atoms with van der Waals surface area (Å²) in [5, 5.41) is 26.1. The van der Waals surface area contributed by atoms with E-state index in [2.05, 4.69) is 10.3 Å². The van der Waals surface area contributed by atoms with E-state index in [0.717, 1.165) is 5.56 Å². The molecule has 2 aromatic rings. The molecule has 0 unspecified atom stereocenters. The number of halogens is 1. The topological polar surface area (TPSA) is 74.7 Å². The lowest BCUT2D eigenvalue weighted by Gasteiger charge is -2.04. The highest BCUT2D eigenvalue weighted by Gasteiger charge is 2.14. The number of benzene rings is 1. The summed E-state index contributed by atoms with van der Waals surface area (Å²) >= 11 is 5.80. The Morgan fingerprint density at radius 1 is 1.35 bits per heavy atom. The fourth-order valence-corrected chi connectivity index (χ4v) is 1.66. The van der Waals surface area contributed by atoms with Gasteiger partial charge in [-0.2, -0.15) is 5.26 Å². The van der Waals surface area contributed by atoms with Crippen LogP contribution in [0.1, 0.15) is 5.69 Å². The molecule has 0 bridgehead atoms. The molecule has 6 heteroatoms. The lowest BCUT2D eigenvalue weighted by molar-refractivity contribution is 0.269. The zero-order valence-electron chi connectivity index (χ0n) is 8.84. The lowest BCUT2D eigenvalue weighted by atomic mass is 10.1. The van der Waals surface area contributed by atoms with Crippen molar-refractivity contribution in [3.63, 3.8) is 0 Å². The number of hydrogen-bond acceptors (Lipinski definition) is 4. The predicted molar refractivity (Wildman–Crippen MR) is 62.3 cm³/mol. The molecule has 1 aromatic carbocycles. The first-order chi connectivity index (χ1) is 8.26. The number of nitrogens with zero attached hydrogens (tertiary/aromatic N) is 4. The molecule has 17 heavy (non-hydrogen) atoms. The van der Waals surface area contributed by atoms with Crippen molar-refractivity contribution >= 4 is 11.6 Å². The molecule has 5 nitrogen and oxygen atoms in total. The fraction of sp³-hybridized carbons (Fsp3) is 0.182. The van der Waals surface area contributed by atoms with E-state index in [1.807, 2.05) is 6.07 Å². The van der Waals surface area contributed by atoms with Crippen LogP contribution in [-0.2, 0) is 6.54 Å². The highest BCUT2D eigenvalue weighted by atomic mass is 35.5. The molecule has 86 valence electrons. The van der Waals surface area contributed by atoms with Crippen molar-refractivity contribution in [1.29, 1.82) is 5.26 Å². The second kappa shape index (κ2) is 4.95. The first kappa shape index (κ1) is 11.6. The van der Waals surface area contributed by atoms with Crippen LogP contribution in [0.15, 0.2) is 24.3 Å². The smallest absolute Gasteiger partial charge is 0.190 e. The molecule has 0 saturated carbocycles. The summed E-state index contributed by atoms with van der Waals surface area (Å²) in [6, 6.07) is 9.01. The van der Waals surface area contributed by atoms with Crippen LogP contribution < -0.4 is 0 Å². The van der Waals surface area contributed by atoms with E-state index in [0.29, 0.717) is 17.3 Å². The molecule has 0 aliphatic heterocycles. The maximum atomic E-state index is 8.96. The molecule has 0 atom stereocenters. The minimum atomic E-state index is -0.0607. The third-order valence-electron chi connectivity index (χ3n) is 2.27. The van der Waals surface area contributed by atoms with Gasteiger partial charge in [-0.15, -0.1) is 5.10 Å². The van der Waals surface area contributed by atoms with Gasteiger partial charge in [-0.25, -0.2) is 4.68 Å². The minimum absolute atomic E-state index is 0.0607. The van der Waals surface area contributed by atoms with Crippen LogP contribution in [0.4, 0.5) is 0 Å². The molecule has 1 aromatic heterocycles. The zero-order valence-corrected chi connectivity index (χ0v) is 9.59. The van der Waals surface area contributed by atoms with Gasteiger partial charge in [-0.05, 0) is 12.1 Å². The van der Waals surface area contributed by atoms with Gasteiger partial charge in [0, 0.05) is 10.6 Å². The number of aliphatic hydroxyl groups excluding tert-OH is 1. The average molecular weight is 249 g/mol. The fourth-order valence-electron chi connectivity index (χ4n) is 1.53. The number of hydrogen-bond donors (Lipinski definition) is 1. The maximum Gasteiger partial charge on any atom is 0.190 e. The highest BCUT2D eigenvalue weighted by molar-refractivity contribution is 6.30. The largest absolute Gasteiger partial charge is 0.394 e. The Morgan fingerprint density at radius 3 is 2.65 bits per heavy atom. The number of nitriles is 1. The van der Waals surface area contributed by atoms with Gasteiger partial charge in [0.05, 0.1) is 13.2 Å². The Balaban J connectivity index is 2.52. The minimum Gasteiger partial charge on any atom is -0.394 e. The van der Waals surface area contributed by atoms with Crippen molar-refractivity contribution < 1.29 is 5.11 Å². The van der Waals surface area contributed by atoms with E-state index < -0.39 is 0 Å². The summed E-state index contributed by atoms with van der Waals surface area (Å²) in [4.78, 5) is 0. The summed E-state index contributed by atoms with van der Waals surface area (Å²) in [5.41, 5.74) is 1.63. The van der Waals surface area contributed by atoms with Gasteiger partial charge in [0.2, 0.25) is 0 Å². The van der Waals surface area contributed by atoms with Crippen molar-refractivity contribution in [1.82, 2.24) is 15.0 Å². The Kier molecular flexibility index (Phi) is 3.38. The average Bonchev–Trinajstić information content (AvgIpc) is 2.74. The third-order valence-corrected chi connectivity index (χ3v) is 2.52. The highest BCUT2D eigenvalue weighted by Crippen LogP contribution is 2.23. The molecule has 0 saturated heterocycles. The summed E-state index contributed by atoms with van der Waals surface area (Å²) < 4.78 is 1.50. The van der Waals surface area contributed by atoms with Crippen LogP contribution in [-0.4, -0.2) is 26.7 Å². The maximum absolute atomic E-state index is 8.96. The van der Waals surface area contributed by atoms with E-state index >= 15 is 0 Å². The van der Waals surface area contributed by atoms with Crippen LogP contribution in [0, 0.1) is 11.3 Å². The number of rotatable bonds is 3. The van der Waals surface area contributed by atoms with Gasteiger partial charge >= 0.3 is 0 Å². The Morgan fingerprint density at radius 2 is 2.06 bits per heavy atom. The molecule has 0 radical (unpaired) electrons. The summed E-state index contributed by atoms with van der Waals surface area (Å²) in [6.07, 6.45) is 0. The molecule has 0 amide bonds. The second-order valence-electron chi connectivity index (χ2n) is 3.35. The standard InChI is InChI=1S/C11H9ClN4O/c12-9-3-1-8(2-4-9)11-10(7-13)14-15-16(11)5-6-17/h1-4,17H,5-6H2. The van der Waals surface area contributed by atoms with Gasteiger partial charge in [-0.3, -0.25) is 0 Å². The summed E-state index contributed by atoms with van der Waals surface area (Å²) in [6.45, 7) is 0.238. The Labute approximate surface area is 103 Å².